The van der Waals surface area contributed by atoms with E-state index in [0.717, 1.165) is 30.2 Å². The van der Waals surface area contributed by atoms with Crippen LogP contribution in [0.1, 0.15) is 26.2 Å². The van der Waals surface area contributed by atoms with Gasteiger partial charge in [0.2, 0.25) is 5.91 Å². The quantitative estimate of drug-likeness (QED) is 0.887. The molecule has 22 heavy (non-hydrogen) atoms. The van der Waals surface area contributed by atoms with Gasteiger partial charge in [-0.05, 0) is 18.9 Å². The smallest absolute Gasteiger partial charge is 0.224 e. The topological polar surface area (TPSA) is 67.2 Å². The van der Waals surface area contributed by atoms with Crippen LogP contribution in [-0.2, 0) is 11.3 Å². The SMILES string of the molecule is C[C@H](Cn1ncc2ccccc21)C(=O)NC[C@H]1CCC[C@H]1O. The number of carbonyl (C=O) groups is 1. The Hall–Kier alpha value is -1.88. The van der Waals surface area contributed by atoms with Gasteiger partial charge in [0.05, 0.1) is 30.3 Å². The summed E-state index contributed by atoms with van der Waals surface area (Å²) in [4.78, 5) is 12.2. The van der Waals surface area contributed by atoms with E-state index in [9.17, 15) is 9.90 Å². The highest BCUT2D eigenvalue weighted by Gasteiger charge is 2.26. The molecule has 3 atom stereocenters. The van der Waals surface area contributed by atoms with E-state index in [1.807, 2.05) is 42.1 Å². The van der Waals surface area contributed by atoms with Crippen LogP contribution in [0, 0.1) is 11.8 Å². The highest BCUT2D eigenvalue weighted by molar-refractivity contribution is 5.80. The minimum atomic E-state index is -0.259. The average Bonchev–Trinajstić information content (AvgIpc) is 3.12. The molecule has 1 aliphatic carbocycles. The van der Waals surface area contributed by atoms with Crippen LogP contribution in [0.5, 0.6) is 0 Å². The first-order chi connectivity index (χ1) is 10.6. The maximum absolute atomic E-state index is 12.2. The standard InChI is InChI=1S/C17H23N3O2/c1-12(17(22)18-9-14-6-4-8-16(14)21)11-20-15-7-3-2-5-13(15)10-19-20/h2-3,5,7,10,12,14,16,21H,4,6,8-9,11H2,1H3,(H,18,22)/t12-,14-,16-/m1/s1. The molecule has 0 bridgehead atoms. The van der Waals surface area contributed by atoms with Gasteiger partial charge in [-0.15, -0.1) is 0 Å². The van der Waals surface area contributed by atoms with Crippen LogP contribution in [0.15, 0.2) is 30.5 Å². The Bertz CT molecular complexity index is 652. The number of amides is 1. The van der Waals surface area contributed by atoms with Crippen LogP contribution in [0.4, 0.5) is 0 Å². The highest BCUT2D eigenvalue weighted by atomic mass is 16.3. The number of fused-ring (bicyclic) bond motifs is 1. The number of carbonyl (C=O) groups excluding carboxylic acids is 1. The number of para-hydroxylation sites is 1. The van der Waals surface area contributed by atoms with E-state index in [1.54, 1.807) is 0 Å². The molecule has 0 aliphatic heterocycles. The molecular formula is C17H23N3O2. The fourth-order valence-electron chi connectivity index (χ4n) is 3.17. The number of nitrogens with zero attached hydrogens (tertiary/aromatic N) is 2. The summed E-state index contributed by atoms with van der Waals surface area (Å²) in [5, 5.41) is 18.2. The average molecular weight is 301 g/mol. The maximum Gasteiger partial charge on any atom is 0.224 e. The third-order valence-corrected chi connectivity index (χ3v) is 4.60. The number of nitrogens with one attached hydrogen (secondary N) is 1. The summed E-state index contributed by atoms with van der Waals surface area (Å²) in [5.74, 6) is 0.0854. The highest BCUT2D eigenvalue weighted by Crippen LogP contribution is 2.24. The number of aliphatic hydroxyl groups is 1. The second-order valence-electron chi connectivity index (χ2n) is 6.29. The molecule has 1 aromatic heterocycles. The first-order valence-electron chi connectivity index (χ1n) is 8.01. The Morgan fingerprint density at radius 1 is 1.45 bits per heavy atom. The predicted octanol–water partition coefficient (Wildman–Crippen LogP) is 1.95. The molecule has 2 N–H and O–H groups in total. The minimum absolute atomic E-state index is 0.0266. The third kappa shape index (κ3) is 3.14. The predicted molar refractivity (Wildman–Crippen MR) is 85.3 cm³/mol. The van der Waals surface area contributed by atoms with Crippen molar-refractivity contribution in [2.24, 2.45) is 11.8 Å². The van der Waals surface area contributed by atoms with Crippen molar-refractivity contribution >= 4 is 16.8 Å². The van der Waals surface area contributed by atoms with Gasteiger partial charge in [0.15, 0.2) is 0 Å². The van der Waals surface area contributed by atoms with Crippen molar-refractivity contribution in [3.63, 3.8) is 0 Å². The van der Waals surface area contributed by atoms with Gasteiger partial charge in [-0.25, -0.2) is 0 Å². The van der Waals surface area contributed by atoms with Crippen molar-refractivity contribution in [1.82, 2.24) is 15.1 Å². The van der Waals surface area contributed by atoms with Gasteiger partial charge in [-0.2, -0.15) is 5.10 Å². The van der Waals surface area contributed by atoms with Crippen LogP contribution in [0.25, 0.3) is 10.9 Å². The van der Waals surface area contributed by atoms with Crippen molar-refractivity contribution in [2.45, 2.75) is 38.8 Å². The molecule has 1 heterocycles. The Kier molecular flexibility index (Phi) is 4.43. The molecule has 5 nitrogen and oxygen atoms in total. The Labute approximate surface area is 130 Å². The summed E-state index contributed by atoms with van der Waals surface area (Å²) in [7, 11) is 0. The molecule has 0 radical (unpaired) electrons. The first kappa shape index (κ1) is 15.0. The molecule has 1 aromatic carbocycles. The molecule has 3 rings (SSSR count). The van der Waals surface area contributed by atoms with Gasteiger partial charge in [0.1, 0.15) is 0 Å². The van der Waals surface area contributed by atoms with E-state index in [2.05, 4.69) is 10.4 Å². The Balaban J connectivity index is 1.57. The van der Waals surface area contributed by atoms with E-state index < -0.39 is 0 Å². The monoisotopic (exact) mass is 301 g/mol. The fraction of sp³-hybridized carbons (Fsp3) is 0.529. The summed E-state index contributed by atoms with van der Waals surface area (Å²) >= 11 is 0. The molecule has 1 aliphatic rings. The van der Waals surface area contributed by atoms with Crippen molar-refractivity contribution in [3.05, 3.63) is 30.5 Å². The number of hydrogen-bond donors (Lipinski definition) is 2. The number of benzene rings is 1. The first-order valence-corrected chi connectivity index (χ1v) is 8.01. The van der Waals surface area contributed by atoms with Gasteiger partial charge in [-0.3, -0.25) is 9.48 Å². The second kappa shape index (κ2) is 6.48. The van der Waals surface area contributed by atoms with Crippen LogP contribution in [-0.4, -0.2) is 33.4 Å². The zero-order chi connectivity index (χ0) is 15.5. The van der Waals surface area contributed by atoms with Gasteiger partial charge >= 0.3 is 0 Å². The normalized spacial score (nSPS) is 22.8. The minimum Gasteiger partial charge on any atom is -0.393 e. The summed E-state index contributed by atoms with van der Waals surface area (Å²) in [5.41, 5.74) is 1.05. The molecule has 5 heteroatoms. The second-order valence-corrected chi connectivity index (χ2v) is 6.29. The Morgan fingerprint density at radius 3 is 3.05 bits per heavy atom. The summed E-state index contributed by atoms with van der Waals surface area (Å²) in [6, 6.07) is 8.00. The van der Waals surface area contributed by atoms with Gasteiger partial charge in [0, 0.05) is 17.8 Å². The lowest BCUT2D eigenvalue weighted by atomic mass is 10.1. The van der Waals surface area contributed by atoms with E-state index in [4.69, 9.17) is 0 Å². The molecule has 0 unspecified atom stereocenters. The molecule has 2 aromatic rings. The van der Waals surface area contributed by atoms with Crippen LogP contribution < -0.4 is 5.32 Å². The lowest BCUT2D eigenvalue weighted by molar-refractivity contribution is -0.125. The van der Waals surface area contributed by atoms with Crippen LogP contribution in [0.3, 0.4) is 0 Å². The number of hydrogen-bond acceptors (Lipinski definition) is 3. The van der Waals surface area contributed by atoms with Crippen molar-refractivity contribution in [2.75, 3.05) is 6.54 Å². The summed E-state index contributed by atoms with van der Waals surface area (Å²) in [6.45, 7) is 3.05. The van der Waals surface area contributed by atoms with Crippen LogP contribution >= 0.6 is 0 Å². The summed E-state index contributed by atoms with van der Waals surface area (Å²) in [6.07, 6.45) is 4.48. The molecule has 118 valence electrons. The van der Waals surface area contributed by atoms with Gasteiger partial charge in [-0.1, -0.05) is 31.5 Å². The zero-order valence-corrected chi connectivity index (χ0v) is 12.9. The lowest BCUT2D eigenvalue weighted by Gasteiger charge is -2.17. The molecule has 0 saturated heterocycles. The number of aliphatic hydroxyl groups excluding tert-OH is 1. The Morgan fingerprint density at radius 2 is 2.27 bits per heavy atom. The third-order valence-electron chi connectivity index (χ3n) is 4.60. The van der Waals surface area contributed by atoms with Gasteiger partial charge in [0.25, 0.3) is 0 Å². The van der Waals surface area contributed by atoms with Gasteiger partial charge < -0.3 is 10.4 Å². The van der Waals surface area contributed by atoms with Crippen molar-refractivity contribution in [1.29, 1.82) is 0 Å². The van der Waals surface area contributed by atoms with E-state index >= 15 is 0 Å². The molecule has 0 spiro atoms. The molecule has 1 amide bonds. The molecule has 1 saturated carbocycles. The van der Waals surface area contributed by atoms with Crippen molar-refractivity contribution < 1.29 is 9.90 Å². The fourth-order valence-corrected chi connectivity index (χ4v) is 3.17. The molecular weight excluding hydrogens is 278 g/mol. The molecule has 1 fully saturated rings. The van der Waals surface area contributed by atoms with E-state index in [0.29, 0.717) is 13.1 Å². The van der Waals surface area contributed by atoms with Crippen molar-refractivity contribution in [3.8, 4) is 0 Å². The number of rotatable bonds is 5. The van der Waals surface area contributed by atoms with E-state index in [1.165, 1.54) is 0 Å². The lowest BCUT2D eigenvalue weighted by Crippen LogP contribution is -2.37. The largest absolute Gasteiger partial charge is 0.393 e. The summed E-state index contributed by atoms with van der Waals surface area (Å²) < 4.78 is 1.88. The van der Waals surface area contributed by atoms with Crippen LogP contribution in [0.2, 0.25) is 0 Å². The zero-order valence-electron chi connectivity index (χ0n) is 12.9. The maximum atomic E-state index is 12.2. The number of aromatic nitrogens is 2. The van der Waals surface area contributed by atoms with E-state index in [-0.39, 0.29) is 23.8 Å².